The molecule has 8 heteroatoms. The second-order valence-corrected chi connectivity index (χ2v) is 11.8. The summed E-state index contributed by atoms with van der Waals surface area (Å²) in [6, 6.07) is 11.5. The number of likely N-dealkylation sites (tertiary alicyclic amines) is 1. The summed E-state index contributed by atoms with van der Waals surface area (Å²) in [6.07, 6.45) is 4.48. The molecule has 1 saturated heterocycles. The molecule has 0 spiro atoms. The average molecular weight is 470 g/mol. The number of aryl methyl sites for hydroxylation is 1. The summed E-state index contributed by atoms with van der Waals surface area (Å²) in [5.74, 6) is 0. The highest BCUT2D eigenvalue weighted by atomic mass is 32.2. The Labute approximate surface area is 195 Å². The van der Waals surface area contributed by atoms with E-state index in [-0.39, 0.29) is 12.1 Å². The highest BCUT2D eigenvalue weighted by molar-refractivity contribution is 7.90. The Hall–Kier alpha value is -2.87. The molecule has 176 valence electrons. The number of hydrogen-bond acceptors (Lipinski definition) is 5. The van der Waals surface area contributed by atoms with E-state index in [1.165, 1.54) is 6.26 Å². The first kappa shape index (κ1) is 23.3. The number of ether oxygens (including phenoxy) is 1. The van der Waals surface area contributed by atoms with Crippen molar-refractivity contribution in [2.24, 2.45) is 0 Å². The number of rotatable bonds is 3. The number of fused-ring (bicyclic) bond motifs is 1. The third-order valence-electron chi connectivity index (χ3n) is 6.00. The molecular weight excluding hydrogens is 438 g/mol. The lowest BCUT2D eigenvalue weighted by Gasteiger charge is -2.33. The van der Waals surface area contributed by atoms with E-state index in [1.807, 2.05) is 39.1 Å². The largest absolute Gasteiger partial charge is 0.444 e. The van der Waals surface area contributed by atoms with Gasteiger partial charge in [-0.3, -0.25) is 4.68 Å². The summed E-state index contributed by atoms with van der Waals surface area (Å²) in [5, 5.41) is 5.71. The smallest absolute Gasteiger partial charge is 0.410 e. The molecule has 0 unspecified atom stereocenters. The maximum Gasteiger partial charge on any atom is 0.410 e. The first-order chi connectivity index (χ1) is 15.4. The molecule has 3 aromatic rings. The SMILES string of the molecule is Cc1cc2c(cnn2C2CCN(C(=O)OC(C)(C)C)CC2)cc1-c1ccc(S(C)(=O)=O)cc1. The number of piperidine rings is 1. The number of nitrogens with zero attached hydrogens (tertiary/aromatic N) is 3. The van der Waals surface area contributed by atoms with Crippen molar-refractivity contribution in [2.75, 3.05) is 19.3 Å². The Balaban J connectivity index is 1.54. The number of sulfone groups is 1. The van der Waals surface area contributed by atoms with Gasteiger partial charge in [0.15, 0.2) is 9.84 Å². The second kappa shape index (κ2) is 8.48. The molecule has 4 rings (SSSR count). The number of aromatic nitrogens is 2. The Morgan fingerprint density at radius 2 is 1.73 bits per heavy atom. The van der Waals surface area contributed by atoms with Crippen LogP contribution in [0.4, 0.5) is 4.79 Å². The standard InChI is InChI=1S/C25H31N3O4S/c1-17-14-23-19(15-22(17)18-6-8-21(9-7-18)33(5,30)31)16-26-28(23)20-10-12-27(13-11-20)24(29)32-25(2,3)4/h6-9,14-16,20H,10-13H2,1-5H3. The van der Waals surface area contributed by atoms with Gasteiger partial charge in [-0.2, -0.15) is 5.10 Å². The van der Waals surface area contributed by atoms with Crippen LogP contribution in [0.1, 0.15) is 45.2 Å². The molecule has 1 amide bonds. The van der Waals surface area contributed by atoms with Crippen molar-refractivity contribution in [3.63, 3.8) is 0 Å². The number of benzene rings is 2. The van der Waals surface area contributed by atoms with Gasteiger partial charge in [0.1, 0.15) is 5.60 Å². The molecule has 1 aliphatic rings. The predicted octanol–water partition coefficient (Wildman–Crippen LogP) is 4.99. The molecule has 7 nitrogen and oxygen atoms in total. The van der Waals surface area contributed by atoms with Crippen LogP contribution >= 0.6 is 0 Å². The normalized spacial score (nSPS) is 15.7. The fraction of sp³-hybridized carbons (Fsp3) is 0.440. The van der Waals surface area contributed by atoms with Gasteiger partial charge < -0.3 is 9.64 Å². The number of carbonyl (C=O) groups excluding carboxylic acids is 1. The highest BCUT2D eigenvalue weighted by Crippen LogP contribution is 2.32. The molecule has 2 heterocycles. The van der Waals surface area contributed by atoms with Crippen LogP contribution in [0, 0.1) is 6.92 Å². The quantitative estimate of drug-likeness (QED) is 0.540. The first-order valence-corrected chi connectivity index (χ1v) is 13.1. The van der Waals surface area contributed by atoms with Gasteiger partial charge in [0.2, 0.25) is 0 Å². The first-order valence-electron chi connectivity index (χ1n) is 11.2. The molecule has 0 radical (unpaired) electrons. The van der Waals surface area contributed by atoms with Gasteiger partial charge in [-0.15, -0.1) is 0 Å². The van der Waals surface area contributed by atoms with E-state index < -0.39 is 15.4 Å². The third kappa shape index (κ3) is 5.05. The predicted molar refractivity (Wildman–Crippen MR) is 129 cm³/mol. The van der Waals surface area contributed by atoms with Gasteiger partial charge in [-0.25, -0.2) is 13.2 Å². The maximum absolute atomic E-state index is 12.4. The van der Waals surface area contributed by atoms with E-state index in [1.54, 1.807) is 17.0 Å². The van der Waals surface area contributed by atoms with Crippen molar-refractivity contribution in [3.05, 3.63) is 48.2 Å². The van der Waals surface area contributed by atoms with Gasteiger partial charge in [0.25, 0.3) is 0 Å². The number of hydrogen-bond donors (Lipinski definition) is 0. The monoisotopic (exact) mass is 469 g/mol. The summed E-state index contributed by atoms with van der Waals surface area (Å²) >= 11 is 0. The second-order valence-electron chi connectivity index (χ2n) is 9.81. The van der Waals surface area contributed by atoms with Crippen LogP contribution in [0.25, 0.3) is 22.0 Å². The van der Waals surface area contributed by atoms with Gasteiger partial charge in [0.05, 0.1) is 22.7 Å². The van der Waals surface area contributed by atoms with Gasteiger partial charge in [-0.05, 0) is 81.5 Å². The average Bonchev–Trinajstić information content (AvgIpc) is 3.14. The lowest BCUT2D eigenvalue weighted by molar-refractivity contribution is 0.0186. The summed E-state index contributed by atoms with van der Waals surface area (Å²) < 4.78 is 31.1. The van der Waals surface area contributed by atoms with E-state index >= 15 is 0 Å². The van der Waals surface area contributed by atoms with E-state index in [0.717, 1.165) is 40.4 Å². The van der Waals surface area contributed by atoms with Gasteiger partial charge >= 0.3 is 6.09 Å². The van der Waals surface area contributed by atoms with Crippen LogP contribution in [0.3, 0.4) is 0 Å². The van der Waals surface area contributed by atoms with Crippen molar-refractivity contribution < 1.29 is 17.9 Å². The molecule has 0 aliphatic carbocycles. The van der Waals surface area contributed by atoms with Crippen LogP contribution < -0.4 is 0 Å². The van der Waals surface area contributed by atoms with Crippen LogP contribution in [0.15, 0.2) is 47.5 Å². The lowest BCUT2D eigenvalue weighted by Crippen LogP contribution is -2.42. The topological polar surface area (TPSA) is 81.5 Å². The van der Waals surface area contributed by atoms with Crippen LogP contribution in [-0.4, -0.2) is 54.1 Å². The van der Waals surface area contributed by atoms with E-state index in [2.05, 4.69) is 28.8 Å². The Morgan fingerprint density at radius 3 is 2.30 bits per heavy atom. The number of amides is 1. The minimum Gasteiger partial charge on any atom is -0.444 e. The van der Waals surface area contributed by atoms with E-state index in [0.29, 0.717) is 18.0 Å². The molecule has 0 N–H and O–H groups in total. The minimum atomic E-state index is -3.22. The maximum atomic E-state index is 12.4. The molecule has 0 atom stereocenters. The van der Waals surface area contributed by atoms with Crippen LogP contribution in [0.2, 0.25) is 0 Å². The zero-order valence-electron chi connectivity index (χ0n) is 19.8. The zero-order chi connectivity index (χ0) is 24.0. The molecule has 0 bridgehead atoms. The molecule has 33 heavy (non-hydrogen) atoms. The van der Waals surface area contributed by atoms with Gasteiger partial charge in [0, 0.05) is 24.7 Å². The van der Waals surface area contributed by atoms with Crippen LogP contribution in [-0.2, 0) is 14.6 Å². The Morgan fingerprint density at radius 1 is 1.09 bits per heavy atom. The van der Waals surface area contributed by atoms with E-state index in [9.17, 15) is 13.2 Å². The third-order valence-corrected chi connectivity index (χ3v) is 7.13. The van der Waals surface area contributed by atoms with Crippen molar-refractivity contribution >= 4 is 26.8 Å². The summed E-state index contributed by atoms with van der Waals surface area (Å²) in [5.41, 5.74) is 3.70. The lowest BCUT2D eigenvalue weighted by atomic mass is 9.98. The molecule has 0 saturated carbocycles. The zero-order valence-corrected chi connectivity index (χ0v) is 20.6. The fourth-order valence-corrected chi connectivity index (χ4v) is 4.93. The van der Waals surface area contributed by atoms with Crippen LogP contribution in [0.5, 0.6) is 0 Å². The Kier molecular flexibility index (Phi) is 5.99. The van der Waals surface area contributed by atoms with Crippen molar-refractivity contribution in [1.82, 2.24) is 14.7 Å². The molecule has 1 fully saturated rings. The molecule has 1 aliphatic heterocycles. The Bertz CT molecular complexity index is 1280. The summed E-state index contributed by atoms with van der Waals surface area (Å²) in [7, 11) is -3.22. The van der Waals surface area contributed by atoms with Crippen molar-refractivity contribution in [3.8, 4) is 11.1 Å². The fourth-order valence-electron chi connectivity index (χ4n) is 4.30. The number of carbonyl (C=O) groups is 1. The highest BCUT2D eigenvalue weighted by Gasteiger charge is 2.28. The summed E-state index contributed by atoms with van der Waals surface area (Å²) in [6.45, 7) is 8.98. The molecule has 1 aromatic heterocycles. The molecule has 2 aromatic carbocycles. The van der Waals surface area contributed by atoms with Crippen molar-refractivity contribution in [1.29, 1.82) is 0 Å². The van der Waals surface area contributed by atoms with E-state index in [4.69, 9.17) is 4.74 Å². The minimum absolute atomic E-state index is 0.223. The van der Waals surface area contributed by atoms with Gasteiger partial charge in [-0.1, -0.05) is 12.1 Å². The van der Waals surface area contributed by atoms with Crippen molar-refractivity contribution in [2.45, 2.75) is 57.1 Å². The molecular formula is C25H31N3O4S. The summed E-state index contributed by atoms with van der Waals surface area (Å²) in [4.78, 5) is 14.5.